The summed E-state index contributed by atoms with van der Waals surface area (Å²) in [6.07, 6.45) is 7.08. The van der Waals surface area contributed by atoms with Gasteiger partial charge in [-0.25, -0.2) is 19.9 Å². The SMILES string of the molecule is Cc1nccn1-c1ncccc1CNc1ncnc2ccsc12. The molecule has 114 valence electrons. The van der Waals surface area contributed by atoms with Crippen LogP contribution in [-0.2, 0) is 6.54 Å². The summed E-state index contributed by atoms with van der Waals surface area (Å²) in [6.45, 7) is 2.59. The molecule has 0 saturated heterocycles. The van der Waals surface area contributed by atoms with Gasteiger partial charge in [0.25, 0.3) is 0 Å². The second-order valence-corrected chi connectivity index (χ2v) is 5.96. The lowest BCUT2D eigenvalue weighted by atomic mass is 10.2. The zero-order valence-corrected chi connectivity index (χ0v) is 13.3. The topological polar surface area (TPSA) is 68.5 Å². The molecule has 0 atom stereocenters. The number of pyridine rings is 1. The van der Waals surface area contributed by atoms with Crippen molar-refractivity contribution in [2.45, 2.75) is 13.5 Å². The summed E-state index contributed by atoms with van der Waals surface area (Å²) in [4.78, 5) is 17.4. The van der Waals surface area contributed by atoms with Crippen LogP contribution in [0.4, 0.5) is 5.82 Å². The summed E-state index contributed by atoms with van der Waals surface area (Å²) in [5, 5.41) is 5.42. The molecule has 0 fully saturated rings. The highest BCUT2D eigenvalue weighted by molar-refractivity contribution is 7.17. The lowest BCUT2D eigenvalue weighted by Crippen LogP contribution is -2.08. The van der Waals surface area contributed by atoms with Gasteiger partial charge >= 0.3 is 0 Å². The minimum absolute atomic E-state index is 0.630. The molecule has 0 spiro atoms. The second kappa shape index (κ2) is 5.77. The van der Waals surface area contributed by atoms with E-state index < -0.39 is 0 Å². The fourth-order valence-corrected chi connectivity index (χ4v) is 3.29. The van der Waals surface area contributed by atoms with E-state index in [9.17, 15) is 0 Å². The molecule has 6 nitrogen and oxygen atoms in total. The number of rotatable bonds is 4. The van der Waals surface area contributed by atoms with Gasteiger partial charge in [-0.05, 0) is 24.4 Å². The van der Waals surface area contributed by atoms with Crippen LogP contribution in [0.15, 0.2) is 48.5 Å². The van der Waals surface area contributed by atoms with E-state index >= 15 is 0 Å². The number of aromatic nitrogens is 5. The van der Waals surface area contributed by atoms with E-state index in [4.69, 9.17) is 0 Å². The number of thiophene rings is 1. The first kappa shape index (κ1) is 13.8. The molecule has 0 aromatic carbocycles. The quantitative estimate of drug-likeness (QED) is 0.625. The van der Waals surface area contributed by atoms with Gasteiger partial charge in [-0.2, -0.15) is 0 Å². The molecule has 4 heterocycles. The maximum Gasteiger partial charge on any atom is 0.147 e. The number of nitrogens with one attached hydrogen (secondary N) is 1. The smallest absolute Gasteiger partial charge is 0.147 e. The molecular weight excluding hydrogens is 308 g/mol. The number of imidazole rings is 1. The van der Waals surface area contributed by atoms with Crippen molar-refractivity contribution in [2.24, 2.45) is 0 Å². The summed E-state index contributed by atoms with van der Waals surface area (Å²) in [7, 11) is 0. The van der Waals surface area contributed by atoms with Crippen molar-refractivity contribution in [1.82, 2.24) is 24.5 Å². The molecule has 0 saturated carbocycles. The van der Waals surface area contributed by atoms with Crippen molar-refractivity contribution >= 4 is 27.4 Å². The largest absolute Gasteiger partial charge is 0.365 e. The molecule has 4 aromatic heterocycles. The molecule has 0 unspecified atom stereocenters. The minimum atomic E-state index is 0.630. The standard InChI is InChI=1S/C16H14N6S/c1-11-17-6-7-22(11)16-12(3-2-5-18-16)9-19-15-14-13(4-8-23-14)20-10-21-15/h2-8,10H,9H2,1H3,(H,19,20,21). The molecule has 0 amide bonds. The Labute approximate surface area is 136 Å². The van der Waals surface area contributed by atoms with E-state index in [0.29, 0.717) is 6.54 Å². The fraction of sp³-hybridized carbons (Fsp3) is 0.125. The summed E-state index contributed by atoms with van der Waals surface area (Å²) < 4.78 is 3.05. The molecule has 0 aliphatic heterocycles. The van der Waals surface area contributed by atoms with Crippen LogP contribution in [0.2, 0.25) is 0 Å². The van der Waals surface area contributed by atoms with Crippen LogP contribution < -0.4 is 5.32 Å². The van der Waals surface area contributed by atoms with Crippen LogP contribution in [0.5, 0.6) is 0 Å². The van der Waals surface area contributed by atoms with Gasteiger partial charge in [-0.3, -0.25) is 4.57 Å². The van der Waals surface area contributed by atoms with Crippen molar-refractivity contribution in [1.29, 1.82) is 0 Å². The first-order chi connectivity index (χ1) is 11.3. The van der Waals surface area contributed by atoms with Gasteiger partial charge in [0.15, 0.2) is 0 Å². The van der Waals surface area contributed by atoms with E-state index in [1.165, 1.54) is 0 Å². The molecule has 4 rings (SSSR count). The van der Waals surface area contributed by atoms with E-state index in [1.807, 2.05) is 35.2 Å². The highest BCUT2D eigenvalue weighted by atomic mass is 32.1. The predicted octanol–water partition coefficient (Wildman–Crippen LogP) is 3.19. The van der Waals surface area contributed by atoms with Crippen molar-refractivity contribution in [3.05, 3.63) is 59.9 Å². The molecule has 23 heavy (non-hydrogen) atoms. The molecule has 0 bridgehead atoms. The lowest BCUT2D eigenvalue weighted by molar-refractivity contribution is 0.904. The molecule has 0 aliphatic carbocycles. The summed E-state index contributed by atoms with van der Waals surface area (Å²) >= 11 is 1.64. The number of anilines is 1. The van der Waals surface area contributed by atoms with Gasteiger partial charge in [0, 0.05) is 30.7 Å². The summed E-state index contributed by atoms with van der Waals surface area (Å²) in [5.41, 5.74) is 2.04. The van der Waals surface area contributed by atoms with Crippen molar-refractivity contribution in [3.63, 3.8) is 0 Å². The molecule has 0 aliphatic rings. The zero-order valence-electron chi connectivity index (χ0n) is 12.5. The van der Waals surface area contributed by atoms with Crippen LogP contribution in [0.1, 0.15) is 11.4 Å². The first-order valence-electron chi connectivity index (χ1n) is 7.19. The Hall–Kier alpha value is -2.80. The summed E-state index contributed by atoms with van der Waals surface area (Å²) in [6, 6.07) is 5.99. The van der Waals surface area contributed by atoms with Gasteiger partial charge in [0.1, 0.15) is 23.8 Å². The molecule has 4 aromatic rings. The number of fused-ring (bicyclic) bond motifs is 1. The van der Waals surface area contributed by atoms with Crippen LogP contribution in [0.3, 0.4) is 0 Å². The third kappa shape index (κ3) is 2.55. The monoisotopic (exact) mass is 322 g/mol. The van der Waals surface area contributed by atoms with E-state index in [1.54, 1.807) is 30.1 Å². The Kier molecular flexibility index (Phi) is 3.47. The van der Waals surface area contributed by atoms with E-state index in [0.717, 1.165) is 33.2 Å². The Bertz CT molecular complexity index is 958. The lowest BCUT2D eigenvalue weighted by Gasteiger charge is -2.12. The van der Waals surface area contributed by atoms with Crippen LogP contribution in [-0.4, -0.2) is 24.5 Å². The third-order valence-electron chi connectivity index (χ3n) is 3.61. The van der Waals surface area contributed by atoms with Crippen molar-refractivity contribution in [3.8, 4) is 5.82 Å². The van der Waals surface area contributed by atoms with Gasteiger partial charge in [-0.1, -0.05) is 6.07 Å². The molecule has 0 radical (unpaired) electrons. The molecule has 1 N–H and O–H groups in total. The van der Waals surface area contributed by atoms with Crippen LogP contribution in [0.25, 0.3) is 16.0 Å². The predicted molar refractivity (Wildman–Crippen MR) is 90.8 cm³/mol. The molecule has 7 heteroatoms. The first-order valence-corrected chi connectivity index (χ1v) is 8.07. The number of aryl methyl sites for hydroxylation is 1. The van der Waals surface area contributed by atoms with Gasteiger partial charge in [0.2, 0.25) is 0 Å². The Morgan fingerprint density at radius 3 is 2.96 bits per heavy atom. The molecular formula is C16H14N6S. The number of nitrogens with zero attached hydrogens (tertiary/aromatic N) is 5. The minimum Gasteiger partial charge on any atom is -0.365 e. The average Bonchev–Trinajstić information content (AvgIpc) is 3.22. The van der Waals surface area contributed by atoms with Gasteiger partial charge < -0.3 is 5.32 Å². The second-order valence-electron chi connectivity index (χ2n) is 5.04. The Morgan fingerprint density at radius 1 is 1.13 bits per heavy atom. The highest BCUT2D eigenvalue weighted by Crippen LogP contribution is 2.25. The van der Waals surface area contributed by atoms with Gasteiger partial charge in [-0.15, -0.1) is 11.3 Å². The van der Waals surface area contributed by atoms with Crippen molar-refractivity contribution in [2.75, 3.05) is 5.32 Å². The highest BCUT2D eigenvalue weighted by Gasteiger charge is 2.10. The van der Waals surface area contributed by atoms with Gasteiger partial charge in [0.05, 0.1) is 10.2 Å². The van der Waals surface area contributed by atoms with E-state index in [-0.39, 0.29) is 0 Å². The van der Waals surface area contributed by atoms with Crippen LogP contribution in [0, 0.1) is 6.92 Å². The third-order valence-corrected chi connectivity index (χ3v) is 4.52. The normalized spacial score (nSPS) is 11.0. The Morgan fingerprint density at radius 2 is 2.09 bits per heavy atom. The fourth-order valence-electron chi connectivity index (χ4n) is 2.48. The Balaban J connectivity index is 1.65. The maximum atomic E-state index is 4.50. The number of hydrogen-bond donors (Lipinski definition) is 1. The van der Waals surface area contributed by atoms with E-state index in [2.05, 4.69) is 31.3 Å². The number of hydrogen-bond acceptors (Lipinski definition) is 6. The maximum absolute atomic E-state index is 4.50. The average molecular weight is 322 g/mol. The van der Waals surface area contributed by atoms with Crippen molar-refractivity contribution < 1.29 is 0 Å². The summed E-state index contributed by atoms with van der Waals surface area (Å²) in [5.74, 6) is 2.64. The van der Waals surface area contributed by atoms with Crippen LogP contribution >= 0.6 is 11.3 Å². The zero-order chi connectivity index (χ0) is 15.6.